The summed E-state index contributed by atoms with van der Waals surface area (Å²) in [5.41, 5.74) is 4.96. The SMILES string of the molecule is COc1ccc(C2=NN(C3=NC(=O)[C@H](CC(=O)Nc4ccc(C)c(C)c4)S3)[C@H](c3ccccc3F)C2)cc1. The topological polar surface area (TPSA) is 83.4 Å². The van der Waals surface area contributed by atoms with E-state index in [2.05, 4.69) is 10.3 Å². The zero-order chi connectivity index (χ0) is 26.8. The Kier molecular flexibility index (Phi) is 7.28. The zero-order valence-electron chi connectivity index (χ0n) is 21.3. The van der Waals surface area contributed by atoms with Gasteiger partial charge in [0.1, 0.15) is 16.8 Å². The zero-order valence-corrected chi connectivity index (χ0v) is 22.1. The third kappa shape index (κ3) is 5.33. The summed E-state index contributed by atoms with van der Waals surface area (Å²) < 4.78 is 20.1. The molecule has 5 rings (SSSR count). The largest absolute Gasteiger partial charge is 0.497 e. The summed E-state index contributed by atoms with van der Waals surface area (Å²) in [6.07, 6.45) is 0.398. The first-order valence-corrected chi connectivity index (χ1v) is 13.1. The second kappa shape index (κ2) is 10.8. The number of anilines is 1. The maximum atomic E-state index is 14.9. The smallest absolute Gasteiger partial charge is 0.262 e. The molecule has 0 aliphatic carbocycles. The summed E-state index contributed by atoms with van der Waals surface area (Å²) in [7, 11) is 1.60. The van der Waals surface area contributed by atoms with E-state index in [0.717, 1.165) is 28.2 Å². The number of carbonyl (C=O) groups is 2. The summed E-state index contributed by atoms with van der Waals surface area (Å²) in [6, 6.07) is 19.2. The van der Waals surface area contributed by atoms with Crippen LogP contribution in [0.4, 0.5) is 10.1 Å². The molecule has 0 unspecified atom stereocenters. The Labute approximate surface area is 224 Å². The Morgan fingerprint density at radius 2 is 1.87 bits per heavy atom. The van der Waals surface area contributed by atoms with Gasteiger partial charge in [-0.3, -0.25) is 9.59 Å². The minimum Gasteiger partial charge on any atom is -0.497 e. The van der Waals surface area contributed by atoms with Crippen LogP contribution < -0.4 is 10.1 Å². The number of halogens is 1. The Morgan fingerprint density at radius 1 is 1.11 bits per heavy atom. The molecular formula is C29H27FN4O3S. The number of methoxy groups -OCH3 is 1. The van der Waals surface area contributed by atoms with E-state index in [4.69, 9.17) is 9.84 Å². The van der Waals surface area contributed by atoms with Crippen molar-refractivity contribution in [3.05, 3.63) is 94.8 Å². The molecule has 3 aromatic carbocycles. The number of aliphatic imine (C=N–C) groups is 1. The van der Waals surface area contributed by atoms with Gasteiger partial charge in [0.25, 0.3) is 5.91 Å². The van der Waals surface area contributed by atoms with Crippen LogP contribution in [0.1, 0.15) is 41.1 Å². The predicted octanol–water partition coefficient (Wildman–Crippen LogP) is 5.63. The summed E-state index contributed by atoms with van der Waals surface area (Å²) in [5, 5.41) is 8.92. The van der Waals surface area contributed by atoms with Gasteiger partial charge in [-0.15, -0.1) is 0 Å². The molecule has 0 spiro atoms. The summed E-state index contributed by atoms with van der Waals surface area (Å²) in [6.45, 7) is 3.98. The molecule has 2 amide bonds. The summed E-state index contributed by atoms with van der Waals surface area (Å²) in [4.78, 5) is 29.8. The van der Waals surface area contributed by atoms with Crippen molar-refractivity contribution in [3.63, 3.8) is 0 Å². The highest BCUT2D eigenvalue weighted by Gasteiger charge is 2.39. The molecule has 2 aliphatic heterocycles. The van der Waals surface area contributed by atoms with Crippen LogP contribution in [-0.4, -0.2) is 40.1 Å². The molecule has 3 aromatic rings. The fourth-order valence-corrected chi connectivity index (χ4v) is 5.50. The van der Waals surface area contributed by atoms with Crippen molar-refractivity contribution in [3.8, 4) is 5.75 Å². The number of benzene rings is 3. The number of carbonyl (C=O) groups excluding carboxylic acids is 2. The molecule has 2 heterocycles. The van der Waals surface area contributed by atoms with E-state index in [0.29, 0.717) is 22.8 Å². The molecule has 38 heavy (non-hydrogen) atoms. The van der Waals surface area contributed by atoms with Crippen molar-refractivity contribution < 1.29 is 18.7 Å². The molecule has 0 bridgehead atoms. The van der Waals surface area contributed by atoms with Crippen LogP contribution in [0.15, 0.2) is 76.8 Å². The quantitative estimate of drug-likeness (QED) is 0.447. The Bertz CT molecular complexity index is 1450. The number of amidine groups is 1. The monoisotopic (exact) mass is 530 g/mol. The second-order valence-corrected chi connectivity index (χ2v) is 10.4. The lowest BCUT2D eigenvalue weighted by Gasteiger charge is -2.23. The highest BCUT2D eigenvalue weighted by Crippen LogP contribution is 2.39. The second-order valence-electron chi connectivity index (χ2n) is 9.25. The number of nitrogens with zero attached hydrogens (tertiary/aromatic N) is 3. The van der Waals surface area contributed by atoms with Crippen molar-refractivity contribution in [2.45, 2.75) is 38.0 Å². The number of thioether (sulfide) groups is 1. The van der Waals surface area contributed by atoms with Crippen LogP contribution in [0.25, 0.3) is 0 Å². The molecule has 0 radical (unpaired) electrons. The molecule has 2 atom stereocenters. The third-order valence-electron chi connectivity index (χ3n) is 6.68. The summed E-state index contributed by atoms with van der Waals surface area (Å²) >= 11 is 1.18. The van der Waals surface area contributed by atoms with Gasteiger partial charge in [0, 0.05) is 24.1 Å². The predicted molar refractivity (Wildman–Crippen MR) is 148 cm³/mol. The average molecular weight is 531 g/mol. The standard InChI is InChI=1S/C29H27FN4O3S/c1-17-8-11-20(14-18(17)2)31-27(35)16-26-28(36)32-29(38-26)34-25(22-6-4-5-7-23(22)30)15-24(33-34)19-9-12-21(37-3)13-10-19/h4-14,25-26H,15-16H2,1-3H3,(H,31,35)/t25-,26-/m0/s1. The van der Waals surface area contributed by atoms with E-state index in [1.165, 1.54) is 17.8 Å². The van der Waals surface area contributed by atoms with Crippen molar-refractivity contribution >= 4 is 40.1 Å². The molecule has 194 valence electrons. The van der Waals surface area contributed by atoms with Crippen LogP contribution in [0.3, 0.4) is 0 Å². The van der Waals surface area contributed by atoms with Gasteiger partial charge in [-0.1, -0.05) is 36.0 Å². The van der Waals surface area contributed by atoms with Gasteiger partial charge < -0.3 is 10.1 Å². The normalized spacial score (nSPS) is 18.8. The molecule has 9 heteroatoms. The first kappa shape index (κ1) is 25.7. The highest BCUT2D eigenvalue weighted by atomic mass is 32.2. The first-order chi connectivity index (χ1) is 18.3. The van der Waals surface area contributed by atoms with Gasteiger partial charge in [-0.05, 0) is 73.0 Å². The first-order valence-electron chi connectivity index (χ1n) is 12.2. The number of hydrogen-bond acceptors (Lipinski definition) is 6. The number of ether oxygens (including phenoxy) is 1. The molecule has 7 nitrogen and oxygen atoms in total. The Morgan fingerprint density at radius 3 is 2.58 bits per heavy atom. The Balaban J connectivity index is 1.35. The molecule has 0 aromatic heterocycles. The third-order valence-corrected chi connectivity index (χ3v) is 7.83. The lowest BCUT2D eigenvalue weighted by molar-refractivity contribution is -0.121. The number of rotatable bonds is 6. The fourth-order valence-electron chi connectivity index (χ4n) is 4.44. The van der Waals surface area contributed by atoms with Crippen LogP contribution in [0.5, 0.6) is 5.75 Å². The summed E-state index contributed by atoms with van der Waals surface area (Å²) in [5.74, 6) is -0.309. The van der Waals surface area contributed by atoms with Gasteiger partial charge >= 0.3 is 0 Å². The molecular weight excluding hydrogens is 503 g/mol. The van der Waals surface area contributed by atoms with E-state index < -0.39 is 17.2 Å². The number of hydrazone groups is 1. The number of hydrogen-bond donors (Lipinski definition) is 1. The highest BCUT2D eigenvalue weighted by molar-refractivity contribution is 8.15. The lowest BCUT2D eigenvalue weighted by Crippen LogP contribution is -2.25. The number of aryl methyl sites for hydroxylation is 2. The molecule has 0 fully saturated rings. The molecule has 0 saturated carbocycles. The molecule has 1 N–H and O–H groups in total. The lowest BCUT2D eigenvalue weighted by atomic mass is 9.98. The number of nitrogens with one attached hydrogen (secondary N) is 1. The van der Waals surface area contributed by atoms with Gasteiger partial charge in [0.05, 0.1) is 18.9 Å². The maximum Gasteiger partial charge on any atom is 0.262 e. The van der Waals surface area contributed by atoms with Gasteiger partial charge in [0.2, 0.25) is 5.91 Å². The van der Waals surface area contributed by atoms with Gasteiger partial charge in [0.15, 0.2) is 5.17 Å². The van der Waals surface area contributed by atoms with Crippen molar-refractivity contribution in [2.75, 3.05) is 12.4 Å². The van der Waals surface area contributed by atoms with E-state index in [-0.39, 0.29) is 18.1 Å². The molecule has 0 saturated heterocycles. The maximum absolute atomic E-state index is 14.9. The minimum absolute atomic E-state index is 0.0311. The van der Waals surface area contributed by atoms with E-state index in [1.807, 2.05) is 56.3 Å². The van der Waals surface area contributed by atoms with E-state index in [9.17, 15) is 14.0 Å². The van der Waals surface area contributed by atoms with Crippen LogP contribution in [0, 0.1) is 19.7 Å². The van der Waals surface area contributed by atoms with Crippen molar-refractivity contribution in [1.82, 2.24) is 5.01 Å². The fraction of sp³-hybridized carbons (Fsp3) is 0.241. The van der Waals surface area contributed by atoms with Crippen molar-refractivity contribution in [2.24, 2.45) is 10.1 Å². The Hall–Kier alpha value is -3.98. The van der Waals surface area contributed by atoms with E-state index >= 15 is 0 Å². The van der Waals surface area contributed by atoms with Crippen LogP contribution in [-0.2, 0) is 9.59 Å². The number of amides is 2. The van der Waals surface area contributed by atoms with Gasteiger partial charge in [-0.25, -0.2) is 9.40 Å². The van der Waals surface area contributed by atoms with Crippen LogP contribution >= 0.6 is 11.8 Å². The molecule has 2 aliphatic rings. The average Bonchev–Trinajstić information content (AvgIpc) is 3.50. The van der Waals surface area contributed by atoms with Crippen molar-refractivity contribution in [1.29, 1.82) is 0 Å². The van der Waals surface area contributed by atoms with Crippen LogP contribution in [0.2, 0.25) is 0 Å². The minimum atomic E-state index is -0.682. The van der Waals surface area contributed by atoms with E-state index in [1.54, 1.807) is 30.3 Å². The van der Waals surface area contributed by atoms with Gasteiger partial charge in [-0.2, -0.15) is 10.1 Å².